The number of carbonyl (C=O) groups excluding carboxylic acids is 1. The van der Waals surface area contributed by atoms with E-state index in [2.05, 4.69) is 34.5 Å². The highest BCUT2D eigenvalue weighted by atomic mass is 35.5. The molecule has 1 aromatic rings. The van der Waals surface area contributed by atoms with Crippen molar-refractivity contribution in [1.82, 2.24) is 5.32 Å². The maximum Gasteiger partial charge on any atom is 0.223 e. The standard InChI is InChI=1S/C15H22N2O.ClH/c1-12(2)16-15(18)13-8-10-17(11-9-13)14-6-4-3-5-7-14;/h3-7,12-13H,8-11H2,1-2H3,(H,16,18);1H. The van der Waals surface area contributed by atoms with Crippen molar-refractivity contribution in [1.29, 1.82) is 0 Å². The average Bonchev–Trinajstić information content (AvgIpc) is 2.39. The summed E-state index contributed by atoms with van der Waals surface area (Å²) in [5.41, 5.74) is 1.26. The fourth-order valence-corrected chi connectivity index (χ4v) is 2.44. The molecular formula is C15H23ClN2O. The summed E-state index contributed by atoms with van der Waals surface area (Å²) in [4.78, 5) is 14.3. The third kappa shape index (κ3) is 4.43. The minimum atomic E-state index is 0. The molecule has 0 spiro atoms. The molecule has 1 N–H and O–H groups in total. The molecule has 1 aliphatic rings. The van der Waals surface area contributed by atoms with Gasteiger partial charge in [-0.15, -0.1) is 12.4 Å². The molecule has 0 aliphatic carbocycles. The fraction of sp³-hybridized carbons (Fsp3) is 0.533. The Morgan fingerprint density at radius 3 is 2.32 bits per heavy atom. The van der Waals surface area contributed by atoms with E-state index in [4.69, 9.17) is 0 Å². The van der Waals surface area contributed by atoms with Gasteiger partial charge in [0.05, 0.1) is 0 Å². The number of nitrogens with one attached hydrogen (secondary N) is 1. The number of carbonyl (C=O) groups is 1. The average molecular weight is 283 g/mol. The van der Waals surface area contributed by atoms with Crippen LogP contribution < -0.4 is 10.2 Å². The van der Waals surface area contributed by atoms with E-state index in [-0.39, 0.29) is 30.3 Å². The topological polar surface area (TPSA) is 32.3 Å². The normalized spacial score (nSPS) is 16.1. The number of benzene rings is 1. The summed E-state index contributed by atoms with van der Waals surface area (Å²) in [5, 5.41) is 3.01. The van der Waals surface area contributed by atoms with Crippen molar-refractivity contribution in [3.8, 4) is 0 Å². The van der Waals surface area contributed by atoms with Crippen molar-refractivity contribution in [2.45, 2.75) is 32.7 Å². The number of rotatable bonds is 3. The van der Waals surface area contributed by atoms with Gasteiger partial charge in [-0.2, -0.15) is 0 Å². The summed E-state index contributed by atoms with van der Waals surface area (Å²) in [6.45, 7) is 5.97. The van der Waals surface area contributed by atoms with Crippen molar-refractivity contribution in [2.24, 2.45) is 5.92 Å². The quantitative estimate of drug-likeness (QED) is 0.925. The van der Waals surface area contributed by atoms with Crippen LogP contribution in [0.3, 0.4) is 0 Å². The third-order valence-electron chi connectivity index (χ3n) is 3.42. The number of anilines is 1. The monoisotopic (exact) mass is 282 g/mol. The molecule has 1 saturated heterocycles. The van der Waals surface area contributed by atoms with Gasteiger partial charge in [0.25, 0.3) is 0 Å². The van der Waals surface area contributed by atoms with Gasteiger partial charge in [-0.25, -0.2) is 0 Å². The third-order valence-corrected chi connectivity index (χ3v) is 3.42. The van der Waals surface area contributed by atoms with E-state index >= 15 is 0 Å². The smallest absolute Gasteiger partial charge is 0.223 e. The van der Waals surface area contributed by atoms with Crippen LogP contribution in [0.15, 0.2) is 30.3 Å². The van der Waals surface area contributed by atoms with E-state index in [0.29, 0.717) is 0 Å². The van der Waals surface area contributed by atoms with Crippen molar-refractivity contribution < 1.29 is 4.79 Å². The molecule has 0 aromatic heterocycles. The number of halogens is 1. The lowest BCUT2D eigenvalue weighted by Gasteiger charge is -2.33. The van der Waals surface area contributed by atoms with E-state index in [0.717, 1.165) is 25.9 Å². The molecule has 19 heavy (non-hydrogen) atoms. The zero-order chi connectivity index (χ0) is 13.0. The van der Waals surface area contributed by atoms with Gasteiger partial charge in [-0.1, -0.05) is 18.2 Å². The van der Waals surface area contributed by atoms with Crippen LogP contribution in [-0.4, -0.2) is 25.0 Å². The van der Waals surface area contributed by atoms with E-state index < -0.39 is 0 Å². The van der Waals surface area contributed by atoms with Gasteiger partial charge in [0.2, 0.25) is 5.91 Å². The van der Waals surface area contributed by atoms with Crippen LogP contribution >= 0.6 is 12.4 Å². The number of nitrogens with zero attached hydrogens (tertiary/aromatic N) is 1. The van der Waals surface area contributed by atoms with Crippen LogP contribution in [0.5, 0.6) is 0 Å². The molecule has 1 heterocycles. The molecular weight excluding hydrogens is 260 g/mol. The highest BCUT2D eigenvalue weighted by molar-refractivity contribution is 5.85. The fourth-order valence-electron chi connectivity index (χ4n) is 2.44. The predicted octanol–water partition coefficient (Wildman–Crippen LogP) is 2.85. The zero-order valence-electron chi connectivity index (χ0n) is 11.6. The summed E-state index contributed by atoms with van der Waals surface area (Å²) in [5.74, 6) is 0.407. The minimum absolute atomic E-state index is 0. The molecule has 1 aliphatic heterocycles. The molecule has 1 aromatic carbocycles. The van der Waals surface area contributed by atoms with Crippen LogP contribution in [0.2, 0.25) is 0 Å². The lowest BCUT2D eigenvalue weighted by atomic mass is 9.95. The number of para-hydroxylation sites is 1. The van der Waals surface area contributed by atoms with Crippen LogP contribution in [0.4, 0.5) is 5.69 Å². The Hall–Kier alpha value is -1.22. The Morgan fingerprint density at radius 1 is 1.21 bits per heavy atom. The molecule has 4 heteroatoms. The number of hydrogen-bond donors (Lipinski definition) is 1. The first-order valence-electron chi connectivity index (χ1n) is 6.77. The number of hydrogen-bond acceptors (Lipinski definition) is 2. The Morgan fingerprint density at radius 2 is 1.79 bits per heavy atom. The summed E-state index contributed by atoms with van der Waals surface area (Å²) in [6.07, 6.45) is 1.90. The number of amides is 1. The van der Waals surface area contributed by atoms with Gasteiger partial charge in [0, 0.05) is 30.7 Å². The largest absolute Gasteiger partial charge is 0.371 e. The maximum absolute atomic E-state index is 11.9. The Bertz CT molecular complexity index is 386. The van der Waals surface area contributed by atoms with Crippen LogP contribution in [0.1, 0.15) is 26.7 Å². The van der Waals surface area contributed by atoms with Crippen molar-refractivity contribution in [3.05, 3.63) is 30.3 Å². The van der Waals surface area contributed by atoms with Gasteiger partial charge in [0.1, 0.15) is 0 Å². The first kappa shape index (κ1) is 15.8. The molecule has 1 amide bonds. The first-order chi connectivity index (χ1) is 8.66. The SMILES string of the molecule is CC(C)NC(=O)C1CCN(c2ccccc2)CC1.Cl. The molecule has 0 unspecified atom stereocenters. The van der Waals surface area contributed by atoms with Crippen LogP contribution in [-0.2, 0) is 4.79 Å². The zero-order valence-corrected chi connectivity index (χ0v) is 12.5. The van der Waals surface area contributed by atoms with Crippen LogP contribution in [0, 0.1) is 5.92 Å². The van der Waals surface area contributed by atoms with Gasteiger partial charge in [-0.3, -0.25) is 4.79 Å². The summed E-state index contributed by atoms with van der Waals surface area (Å²) < 4.78 is 0. The lowest BCUT2D eigenvalue weighted by Crippen LogP contribution is -2.42. The van der Waals surface area contributed by atoms with Gasteiger partial charge < -0.3 is 10.2 Å². The van der Waals surface area contributed by atoms with Crippen molar-refractivity contribution in [2.75, 3.05) is 18.0 Å². The summed E-state index contributed by atoms with van der Waals surface area (Å²) >= 11 is 0. The second kappa shape index (κ2) is 7.39. The summed E-state index contributed by atoms with van der Waals surface area (Å²) in [7, 11) is 0. The molecule has 1 fully saturated rings. The Kier molecular flexibility index (Phi) is 6.16. The Balaban J connectivity index is 0.00000180. The Labute approximate surface area is 121 Å². The van der Waals surface area contributed by atoms with Crippen molar-refractivity contribution >= 4 is 24.0 Å². The van der Waals surface area contributed by atoms with Gasteiger partial charge in [-0.05, 0) is 38.8 Å². The maximum atomic E-state index is 11.9. The second-order valence-corrected chi connectivity index (χ2v) is 5.26. The van der Waals surface area contributed by atoms with E-state index in [1.165, 1.54) is 5.69 Å². The molecule has 0 radical (unpaired) electrons. The number of piperidine rings is 1. The van der Waals surface area contributed by atoms with E-state index in [1.54, 1.807) is 0 Å². The molecule has 106 valence electrons. The van der Waals surface area contributed by atoms with Crippen molar-refractivity contribution in [3.63, 3.8) is 0 Å². The van der Waals surface area contributed by atoms with E-state index in [1.807, 2.05) is 19.9 Å². The summed E-state index contributed by atoms with van der Waals surface area (Å²) in [6, 6.07) is 10.7. The second-order valence-electron chi connectivity index (χ2n) is 5.26. The van der Waals surface area contributed by atoms with Gasteiger partial charge in [0.15, 0.2) is 0 Å². The predicted molar refractivity (Wildman–Crippen MR) is 81.9 cm³/mol. The molecule has 2 rings (SSSR count). The molecule has 3 nitrogen and oxygen atoms in total. The minimum Gasteiger partial charge on any atom is -0.371 e. The lowest BCUT2D eigenvalue weighted by molar-refractivity contribution is -0.126. The van der Waals surface area contributed by atoms with E-state index in [9.17, 15) is 4.79 Å². The molecule has 0 saturated carbocycles. The highest BCUT2D eigenvalue weighted by Crippen LogP contribution is 2.23. The van der Waals surface area contributed by atoms with Crippen LogP contribution in [0.25, 0.3) is 0 Å². The highest BCUT2D eigenvalue weighted by Gasteiger charge is 2.25. The molecule has 0 atom stereocenters. The molecule has 0 bridgehead atoms. The van der Waals surface area contributed by atoms with Gasteiger partial charge >= 0.3 is 0 Å². The first-order valence-corrected chi connectivity index (χ1v) is 6.77.